The van der Waals surface area contributed by atoms with Gasteiger partial charge in [0.2, 0.25) is 0 Å². The average Bonchev–Trinajstić information content (AvgIpc) is 2.39. The minimum Gasteiger partial charge on any atom is -0.315 e. The summed E-state index contributed by atoms with van der Waals surface area (Å²) in [5.41, 5.74) is 1.35. The van der Waals surface area contributed by atoms with Crippen LogP contribution in [0.4, 0.5) is 0 Å². The molecular formula is C14H21ClN2S. The van der Waals surface area contributed by atoms with Crippen molar-refractivity contribution in [3.05, 3.63) is 34.9 Å². The Labute approximate surface area is 119 Å². The molecule has 1 aliphatic rings. The highest BCUT2D eigenvalue weighted by atomic mass is 35.5. The van der Waals surface area contributed by atoms with Crippen molar-refractivity contribution in [2.75, 3.05) is 32.1 Å². The molecule has 1 aliphatic heterocycles. The lowest BCUT2D eigenvalue weighted by atomic mass is 9.99. The fourth-order valence-corrected chi connectivity index (χ4v) is 3.87. The molecule has 2 unspecified atom stereocenters. The molecule has 0 saturated carbocycles. The van der Waals surface area contributed by atoms with E-state index in [0.29, 0.717) is 12.1 Å². The quantitative estimate of drug-likeness (QED) is 0.915. The van der Waals surface area contributed by atoms with Gasteiger partial charge in [0.15, 0.2) is 0 Å². The third-order valence-electron chi connectivity index (χ3n) is 3.65. The summed E-state index contributed by atoms with van der Waals surface area (Å²) in [4.78, 5) is 2.48. The highest BCUT2D eigenvalue weighted by molar-refractivity contribution is 7.99. The molecule has 0 radical (unpaired) electrons. The molecule has 0 bridgehead atoms. The number of thioether (sulfide) groups is 1. The Morgan fingerprint density at radius 2 is 2.17 bits per heavy atom. The summed E-state index contributed by atoms with van der Waals surface area (Å²) in [6.45, 7) is 1.19. The molecule has 1 saturated heterocycles. The van der Waals surface area contributed by atoms with Crippen LogP contribution in [0.15, 0.2) is 24.3 Å². The zero-order chi connectivity index (χ0) is 13.0. The van der Waals surface area contributed by atoms with Gasteiger partial charge in [-0.2, -0.15) is 11.8 Å². The maximum atomic E-state index is 5.93. The molecule has 4 heteroatoms. The van der Waals surface area contributed by atoms with Crippen molar-refractivity contribution in [3.8, 4) is 0 Å². The van der Waals surface area contributed by atoms with Gasteiger partial charge in [0.05, 0.1) is 0 Å². The summed E-state index contributed by atoms with van der Waals surface area (Å²) in [6, 6.07) is 9.32. The van der Waals surface area contributed by atoms with Crippen molar-refractivity contribution in [1.29, 1.82) is 0 Å². The number of likely N-dealkylation sites (N-methyl/N-ethyl adjacent to an activating group) is 2. The minimum absolute atomic E-state index is 0.504. The molecule has 0 aromatic heterocycles. The van der Waals surface area contributed by atoms with E-state index in [0.717, 1.165) is 11.4 Å². The molecule has 2 rings (SSSR count). The van der Waals surface area contributed by atoms with E-state index in [9.17, 15) is 0 Å². The molecule has 0 spiro atoms. The van der Waals surface area contributed by atoms with Gasteiger partial charge in [0, 0.05) is 35.2 Å². The first kappa shape index (κ1) is 14.2. The number of hydrogen-bond acceptors (Lipinski definition) is 3. The number of nitrogens with zero attached hydrogens (tertiary/aromatic N) is 1. The molecular weight excluding hydrogens is 264 g/mol. The molecule has 1 aromatic carbocycles. The van der Waals surface area contributed by atoms with E-state index in [2.05, 4.69) is 48.2 Å². The van der Waals surface area contributed by atoms with Crippen LogP contribution < -0.4 is 5.32 Å². The number of halogens is 1. The van der Waals surface area contributed by atoms with Gasteiger partial charge in [-0.05, 0) is 38.2 Å². The van der Waals surface area contributed by atoms with Crippen LogP contribution in [0.1, 0.15) is 5.56 Å². The number of benzene rings is 1. The fraction of sp³-hybridized carbons (Fsp3) is 0.571. The minimum atomic E-state index is 0.504. The topological polar surface area (TPSA) is 15.3 Å². The molecule has 2 atom stereocenters. The van der Waals surface area contributed by atoms with Crippen molar-refractivity contribution in [2.24, 2.45) is 0 Å². The lowest BCUT2D eigenvalue weighted by Gasteiger charge is -2.37. The van der Waals surface area contributed by atoms with Crippen LogP contribution in [0, 0.1) is 0 Å². The van der Waals surface area contributed by atoms with Crippen molar-refractivity contribution in [1.82, 2.24) is 10.2 Å². The van der Waals surface area contributed by atoms with Gasteiger partial charge in [-0.25, -0.2) is 0 Å². The van der Waals surface area contributed by atoms with Gasteiger partial charge in [0.1, 0.15) is 0 Å². The molecule has 1 fully saturated rings. The zero-order valence-electron chi connectivity index (χ0n) is 11.0. The molecule has 18 heavy (non-hydrogen) atoms. The average molecular weight is 285 g/mol. The van der Waals surface area contributed by atoms with E-state index in [1.54, 1.807) is 0 Å². The van der Waals surface area contributed by atoms with Crippen LogP contribution in [0.25, 0.3) is 0 Å². The van der Waals surface area contributed by atoms with Gasteiger partial charge >= 0.3 is 0 Å². The molecule has 100 valence electrons. The molecule has 1 N–H and O–H groups in total. The van der Waals surface area contributed by atoms with Crippen LogP contribution in [-0.4, -0.2) is 49.1 Å². The SMILES string of the molecule is CNC(Cc1ccc(Cl)cc1)C1CSCCN1C. The number of rotatable bonds is 4. The Morgan fingerprint density at radius 1 is 1.44 bits per heavy atom. The van der Waals surface area contributed by atoms with Crippen LogP contribution in [0.5, 0.6) is 0 Å². The number of hydrogen-bond donors (Lipinski definition) is 1. The lowest BCUT2D eigenvalue weighted by molar-refractivity contribution is 0.219. The van der Waals surface area contributed by atoms with Gasteiger partial charge in [-0.1, -0.05) is 23.7 Å². The molecule has 0 aliphatic carbocycles. The van der Waals surface area contributed by atoms with Crippen molar-refractivity contribution in [3.63, 3.8) is 0 Å². The van der Waals surface area contributed by atoms with Crippen molar-refractivity contribution in [2.45, 2.75) is 18.5 Å². The zero-order valence-corrected chi connectivity index (χ0v) is 12.6. The van der Waals surface area contributed by atoms with Crippen molar-refractivity contribution >= 4 is 23.4 Å². The Balaban J connectivity index is 2.02. The van der Waals surface area contributed by atoms with Crippen LogP contribution in [-0.2, 0) is 6.42 Å². The smallest absolute Gasteiger partial charge is 0.0406 e. The fourth-order valence-electron chi connectivity index (χ4n) is 2.43. The van der Waals surface area contributed by atoms with Gasteiger partial charge < -0.3 is 10.2 Å². The Bertz CT molecular complexity index is 369. The maximum Gasteiger partial charge on any atom is 0.0406 e. The van der Waals surface area contributed by atoms with Crippen LogP contribution in [0.2, 0.25) is 5.02 Å². The summed E-state index contributed by atoms with van der Waals surface area (Å²) in [6.07, 6.45) is 1.06. The van der Waals surface area contributed by atoms with E-state index in [1.165, 1.54) is 23.6 Å². The highest BCUT2D eigenvalue weighted by Gasteiger charge is 2.26. The van der Waals surface area contributed by atoms with Crippen LogP contribution >= 0.6 is 23.4 Å². The van der Waals surface area contributed by atoms with Crippen LogP contribution in [0.3, 0.4) is 0 Å². The Hall–Kier alpha value is -0.220. The normalized spacial score (nSPS) is 22.9. The second kappa shape index (κ2) is 6.80. The van der Waals surface area contributed by atoms with Crippen molar-refractivity contribution < 1.29 is 0 Å². The summed E-state index contributed by atoms with van der Waals surface area (Å²) < 4.78 is 0. The summed E-state index contributed by atoms with van der Waals surface area (Å²) >= 11 is 7.99. The molecule has 0 amide bonds. The first-order valence-electron chi connectivity index (χ1n) is 6.40. The Kier molecular flexibility index (Phi) is 5.37. The standard InChI is InChI=1S/C14H21ClN2S/c1-16-13(14-10-18-8-7-17(14)2)9-11-3-5-12(15)6-4-11/h3-6,13-14,16H,7-10H2,1-2H3. The van der Waals surface area contributed by atoms with Gasteiger partial charge in [-0.15, -0.1) is 0 Å². The van der Waals surface area contributed by atoms with E-state index in [4.69, 9.17) is 11.6 Å². The molecule has 2 nitrogen and oxygen atoms in total. The predicted octanol–water partition coefficient (Wildman–Crippen LogP) is 2.52. The van der Waals surface area contributed by atoms with Gasteiger partial charge in [0.25, 0.3) is 0 Å². The van der Waals surface area contributed by atoms with E-state index >= 15 is 0 Å². The summed E-state index contributed by atoms with van der Waals surface area (Å²) in [5.74, 6) is 2.47. The Morgan fingerprint density at radius 3 is 2.78 bits per heavy atom. The third kappa shape index (κ3) is 3.64. The third-order valence-corrected chi connectivity index (χ3v) is 4.95. The number of nitrogens with one attached hydrogen (secondary N) is 1. The maximum absolute atomic E-state index is 5.93. The summed E-state index contributed by atoms with van der Waals surface area (Å²) in [7, 11) is 4.30. The monoisotopic (exact) mass is 284 g/mol. The second-order valence-electron chi connectivity index (χ2n) is 4.85. The first-order valence-corrected chi connectivity index (χ1v) is 7.93. The second-order valence-corrected chi connectivity index (χ2v) is 6.43. The van der Waals surface area contributed by atoms with E-state index in [1.807, 2.05) is 12.1 Å². The largest absolute Gasteiger partial charge is 0.315 e. The molecule has 1 heterocycles. The first-order chi connectivity index (χ1) is 8.70. The lowest BCUT2D eigenvalue weighted by Crippen LogP contribution is -2.52. The van der Waals surface area contributed by atoms with E-state index in [-0.39, 0.29) is 0 Å². The highest BCUT2D eigenvalue weighted by Crippen LogP contribution is 2.20. The summed E-state index contributed by atoms with van der Waals surface area (Å²) in [5, 5.41) is 4.29. The van der Waals surface area contributed by atoms with Gasteiger partial charge in [-0.3, -0.25) is 0 Å². The molecule has 1 aromatic rings. The predicted molar refractivity (Wildman–Crippen MR) is 81.7 cm³/mol. The van der Waals surface area contributed by atoms with E-state index < -0.39 is 0 Å².